The first-order valence-corrected chi connectivity index (χ1v) is 7.20. The van der Waals surface area contributed by atoms with Gasteiger partial charge in [0.05, 0.1) is 17.8 Å². The minimum absolute atomic E-state index is 0.303. The summed E-state index contributed by atoms with van der Waals surface area (Å²) in [5.41, 5.74) is 3.36. The number of rotatable bonds is 4. The zero-order valence-corrected chi connectivity index (χ0v) is 13.0. The lowest BCUT2D eigenvalue weighted by atomic mass is 10.1. The van der Waals surface area contributed by atoms with Gasteiger partial charge in [-0.1, -0.05) is 24.9 Å². The molecule has 0 aliphatic carbocycles. The Kier molecular flexibility index (Phi) is 4.33. The Morgan fingerprint density at radius 3 is 2.75 bits per heavy atom. The third-order valence-electron chi connectivity index (χ3n) is 3.42. The molecule has 0 amide bonds. The molecule has 20 heavy (non-hydrogen) atoms. The molecule has 0 saturated carbocycles. The lowest BCUT2D eigenvalue weighted by Crippen LogP contribution is -2.11. The fraction of sp³-hybridized carbons (Fsp3) is 0.467. The van der Waals surface area contributed by atoms with E-state index in [-0.39, 0.29) is 5.97 Å². The number of hydrogen-bond acceptors (Lipinski definition) is 3. The van der Waals surface area contributed by atoms with E-state index in [9.17, 15) is 4.79 Å². The van der Waals surface area contributed by atoms with Gasteiger partial charge in [0.1, 0.15) is 10.8 Å². The van der Waals surface area contributed by atoms with Crippen molar-refractivity contribution in [2.75, 3.05) is 6.61 Å². The van der Waals surface area contributed by atoms with Gasteiger partial charge in [-0.3, -0.25) is 0 Å². The Bertz CT molecular complexity index is 662. The van der Waals surface area contributed by atoms with Crippen molar-refractivity contribution < 1.29 is 9.53 Å². The number of pyridine rings is 1. The quantitative estimate of drug-likeness (QED) is 0.638. The van der Waals surface area contributed by atoms with E-state index in [1.807, 2.05) is 24.6 Å². The van der Waals surface area contributed by atoms with Crippen molar-refractivity contribution in [3.8, 4) is 0 Å². The van der Waals surface area contributed by atoms with Crippen LogP contribution in [0.25, 0.3) is 10.9 Å². The van der Waals surface area contributed by atoms with Crippen LogP contribution < -0.4 is 0 Å². The molecule has 2 rings (SSSR count). The highest BCUT2D eigenvalue weighted by molar-refractivity contribution is 6.30. The summed E-state index contributed by atoms with van der Waals surface area (Å²) < 4.78 is 7.01. The first-order chi connectivity index (χ1) is 9.51. The molecule has 4 nitrogen and oxygen atoms in total. The maximum Gasteiger partial charge on any atom is 0.355 e. The highest BCUT2D eigenvalue weighted by Crippen LogP contribution is 2.30. The van der Waals surface area contributed by atoms with Crippen molar-refractivity contribution in [3.05, 3.63) is 28.2 Å². The van der Waals surface area contributed by atoms with Crippen LogP contribution in [0.15, 0.2) is 6.07 Å². The number of ether oxygens (including phenoxy) is 1. The summed E-state index contributed by atoms with van der Waals surface area (Å²) >= 11 is 6.10. The molecule has 0 bridgehead atoms. The fourth-order valence-electron chi connectivity index (χ4n) is 2.61. The van der Waals surface area contributed by atoms with Gasteiger partial charge in [0.2, 0.25) is 0 Å². The largest absolute Gasteiger partial charge is 0.461 e. The molecule has 0 N–H and O–H groups in total. The van der Waals surface area contributed by atoms with Crippen LogP contribution >= 0.6 is 11.6 Å². The monoisotopic (exact) mass is 294 g/mol. The molecule has 2 aromatic heterocycles. The zero-order chi connectivity index (χ0) is 14.9. The maximum atomic E-state index is 12.1. The van der Waals surface area contributed by atoms with Crippen molar-refractivity contribution in [2.45, 2.75) is 33.6 Å². The van der Waals surface area contributed by atoms with E-state index >= 15 is 0 Å². The second-order valence-electron chi connectivity index (χ2n) is 4.79. The molecule has 0 atom stereocenters. The van der Waals surface area contributed by atoms with Crippen LogP contribution in [-0.2, 0) is 18.2 Å². The Balaban J connectivity index is 2.74. The number of aromatic nitrogens is 2. The Hall–Kier alpha value is -1.55. The number of esters is 1. The molecule has 2 aromatic rings. The smallest absolute Gasteiger partial charge is 0.355 e. The van der Waals surface area contributed by atoms with Crippen LogP contribution in [0, 0.1) is 6.92 Å². The number of halogens is 1. The molecular weight excluding hydrogens is 276 g/mol. The molecule has 0 spiro atoms. The number of carbonyl (C=O) groups excluding carboxylic acids is 1. The fourth-order valence-corrected chi connectivity index (χ4v) is 2.82. The van der Waals surface area contributed by atoms with Gasteiger partial charge in [0.15, 0.2) is 0 Å². The van der Waals surface area contributed by atoms with Crippen LogP contribution in [-0.4, -0.2) is 22.1 Å². The van der Waals surface area contributed by atoms with E-state index in [1.165, 1.54) is 0 Å². The van der Waals surface area contributed by atoms with Gasteiger partial charge in [-0.25, -0.2) is 9.78 Å². The lowest BCUT2D eigenvalue weighted by Gasteiger charge is -2.07. The molecule has 0 fully saturated rings. The molecule has 108 valence electrons. The minimum Gasteiger partial charge on any atom is -0.461 e. The summed E-state index contributed by atoms with van der Waals surface area (Å²) in [4.78, 5) is 16.5. The van der Waals surface area contributed by atoms with E-state index in [0.29, 0.717) is 17.5 Å². The van der Waals surface area contributed by atoms with Crippen LogP contribution in [0.3, 0.4) is 0 Å². The van der Waals surface area contributed by atoms with Crippen LogP contribution in [0.4, 0.5) is 0 Å². The maximum absolute atomic E-state index is 12.1. The number of fused-ring (bicyclic) bond motifs is 1. The van der Waals surface area contributed by atoms with Crippen molar-refractivity contribution in [1.29, 1.82) is 0 Å². The third-order valence-corrected chi connectivity index (χ3v) is 3.61. The van der Waals surface area contributed by atoms with Gasteiger partial charge < -0.3 is 9.30 Å². The normalized spacial score (nSPS) is 11.1. The van der Waals surface area contributed by atoms with Crippen molar-refractivity contribution in [1.82, 2.24) is 9.55 Å². The van der Waals surface area contributed by atoms with Crippen LogP contribution in [0.1, 0.15) is 42.0 Å². The predicted octanol–water partition coefficient (Wildman–Crippen LogP) is 3.66. The first kappa shape index (κ1) is 14.9. The molecule has 0 aromatic carbocycles. The summed E-state index contributed by atoms with van der Waals surface area (Å²) in [7, 11) is 1.87. The highest BCUT2D eigenvalue weighted by Gasteiger charge is 2.22. The Morgan fingerprint density at radius 1 is 1.45 bits per heavy atom. The van der Waals surface area contributed by atoms with Crippen LogP contribution in [0.5, 0.6) is 0 Å². The van der Waals surface area contributed by atoms with Gasteiger partial charge in [0.25, 0.3) is 0 Å². The van der Waals surface area contributed by atoms with Gasteiger partial charge in [-0.05, 0) is 31.9 Å². The van der Waals surface area contributed by atoms with Gasteiger partial charge in [0, 0.05) is 12.4 Å². The molecule has 0 radical (unpaired) electrons. The Labute approximate surface area is 123 Å². The highest BCUT2D eigenvalue weighted by atomic mass is 35.5. The summed E-state index contributed by atoms with van der Waals surface area (Å²) in [5, 5.41) is 1.43. The second-order valence-corrected chi connectivity index (χ2v) is 5.18. The number of aryl methyl sites for hydroxylation is 3. The topological polar surface area (TPSA) is 44.1 Å². The zero-order valence-electron chi connectivity index (χ0n) is 12.3. The van der Waals surface area contributed by atoms with Gasteiger partial charge in [-0.2, -0.15) is 0 Å². The van der Waals surface area contributed by atoms with Crippen molar-refractivity contribution >= 4 is 28.5 Å². The first-order valence-electron chi connectivity index (χ1n) is 6.82. The molecule has 0 saturated heterocycles. The van der Waals surface area contributed by atoms with E-state index in [0.717, 1.165) is 35.0 Å². The average molecular weight is 295 g/mol. The number of hydrogen-bond donors (Lipinski definition) is 0. The molecule has 2 heterocycles. The standard InChI is InChI=1S/C15H19ClN2O2/c1-5-7-11-14-10(8-12(16)17-11)9(3)13(18(14)4)15(19)20-6-2/h8H,5-7H2,1-4H3. The van der Waals surface area contributed by atoms with Crippen molar-refractivity contribution in [3.63, 3.8) is 0 Å². The van der Waals surface area contributed by atoms with E-state index in [2.05, 4.69) is 11.9 Å². The van der Waals surface area contributed by atoms with Gasteiger partial charge in [-0.15, -0.1) is 0 Å². The summed E-state index contributed by atoms with van der Waals surface area (Å²) in [6, 6.07) is 1.81. The third kappa shape index (κ3) is 2.40. The molecule has 5 heteroatoms. The summed E-state index contributed by atoms with van der Waals surface area (Å²) in [6.07, 6.45) is 1.80. The van der Waals surface area contributed by atoms with E-state index in [1.54, 1.807) is 6.92 Å². The molecule has 0 aliphatic heterocycles. The lowest BCUT2D eigenvalue weighted by molar-refractivity contribution is 0.0515. The van der Waals surface area contributed by atoms with Crippen molar-refractivity contribution in [2.24, 2.45) is 7.05 Å². The minimum atomic E-state index is -0.303. The predicted molar refractivity (Wildman–Crippen MR) is 80.4 cm³/mol. The second kappa shape index (κ2) is 5.83. The van der Waals surface area contributed by atoms with Gasteiger partial charge >= 0.3 is 5.97 Å². The summed E-state index contributed by atoms with van der Waals surface area (Å²) in [5.74, 6) is -0.303. The average Bonchev–Trinajstić information content (AvgIpc) is 2.62. The Morgan fingerprint density at radius 2 is 2.15 bits per heavy atom. The van der Waals surface area contributed by atoms with E-state index < -0.39 is 0 Å². The van der Waals surface area contributed by atoms with E-state index in [4.69, 9.17) is 16.3 Å². The number of carbonyl (C=O) groups is 1. The molecular formula is C15H19ClN2O2. The summed E-state index contributed by atoms with van der Waals surface area (Å²) in [6.45, 7) is 6.18. The molecule has 0 aliphatic rings. The number of nitrogens with zero attached hydrogens (tertiary/aromatic N) is 2. The van der Waals surface area contributed by atoms with Crippen LogP contribution in [0.2, 0.25) is 5.15 Å². The SMILES string of the molecule is CCCc1nc(Cl)cc2c(C)c(C(=O)OCC)n(C)c12. The molecule has 0 unspecified atom stereocenters.